The summed E-state index contributed by atoms with van der Waals surface area (Å²) in [5, 5.41) is 12.9. The zero-order valence-electron chi connectivity index (χ0n) is 11.1. The Bertz CT molecular complexity index is 686. The summed E-state index contributed by atoms with van der Waals surface area (Å²) in [4.78, 5) is 4.33. The van der Waals surface area contributed by atoms with Crippen LogP contribution in [-0.2, 0) is 0 Å². The second kappa shape index (κ2) is 7.37. The number of hydrogen-bond acceptors (Lipinski definition) is 3. The summed E-state index contributed by atoms with van der Waals surface area (Å²) in [5.41, 5.74) is 2.71. The number of nitriles is 1. The molecule has 6 heteroatoms. The lowest BCUT2D eigenvalue weighted by atomic mass is 10.1. The minimum Gasteiger partial charge on any atom is -0.271 e. The average Bonchev–Trinajstić information content (AvgIpc) is 2.46. The van der Waals surface area contributed by atoms with Crippen LogP contribution in [0.3, 0.4) is 0 Å². The normalized spacial score (nSPS) is 11.0. The molecular weight excluding hydrogens is 325 g/mol. The summed E-state index contributed by atoms with van der Waals surface area (Å²) >= 11 is 13.4. The van der Waals surface area contributed by atoms with Crippen LogP contribution in [-0.4, -0.2) is 11.4 Å². The molecule has 2 rings (SSSR count). The van der Waals surface area contributed by atoms with Gasteiger partial charge in [-0.2, -0.15) is 5.26 Å². The third kappa shape index (κ3) is 4.40. The smallest absolute Gasteiger partial charge is 0.183 e. The molecular formula is C15H11Cl2N3S. The second-order valence-corrected chi connectivity index (χ2v) is 5.73. The quantitative estimate of drug-likeness (QED) is 0.360. The Balaban J connectivity index is 2.28. The largest absolute Gasteiger partial charge is 0.271 e. The van der Waals surface area contributed by atoms with Crippen molar-refractivity contribution in [3.63, 3.8) is 0 Å². The van der Waals surface area contributed by atoms with Crippen LogP contribution in [0, 0.1) is 11.5 Å². The number of benzene rings is 2. The molecule has 0 saturated heterocycles. The molecule has 0 aliphatic heterocycles. The minimum atomic E-state index is 0.552. The van der Waals surface area contributed by atoms with Crippen molar-refractivity contribution in [3.05, 3.63) is 52.5 Å². The van der Waals surface area contributed by atoms with E-state index in [-0.39, 0.29) is 0 Å². The molecule has 106 valence electrons. The highest BCUT2D eigenvalue weighted by Crippen LogP contribution is 2.28. The highest BCUT2D eigenvalue weighted by molar-refractivity contribution is 8.13. The van der Waals surface area contributed by atoms with E-state index in [0.717, 1.165) is 16.8 Å². The number of nitrogens with zero attached hydrogens (tertiary/aromatic N) is 2. The van der Waals surface area contributed by atoms with Gasteiger partial charge in [0.25, 0.3) is 0 Å². The van der Waals surface area contributed by atoms with E-state index in [0.29, 0.717) is 15.2 Å². The molecule has 0 aliphatic rings. The van der Waals surface area contributed by atoms with Crippen LogP contribution in [0.4, 0.5) is 5.69 Å². The highest BCUT2D eigenvalue weighted by Gasteiger charge is 2.02. The van der Waals surface area contributed by atoms with Gasteiger partial charge in [0, 0.05) is 10.0 Å². The van der Waals surface area contributed by atoms with Gasteiger partial charge in [-0.1, -0.05) is 47.1 Å². The van der Waals surface area contributed by atoms with Crippen LogP contribution in [0.1, 0.15) is 0 Å². The van der Waals surface area contributed by atoms with Gasteiger partial charge in [-0.3, -0.25) is 5.32 Å². The zero-order valence-corrected chi connectivity index (χ0v) is 13.4. The number of nitrogens with one attached hydrogen (secondary N) is 1. The van der Waals surface area contributed by atoms with Gasteiger partial charge in [-0.25, -0.2) is 4.99 Å². The molecule has 0 unspecified atom stereocenters. The third-order valence-corrected chi connectivity index (χ3v) is 3.67. The monoisotopic (exact) mass is 335 g/mol. The molecule has 0 bridgehead atoms. The fraction of sp³-hybridized carbons (Fsp3) is 0.0667. The van der Waals surface area contributed by atoms with Crippen LogP contribution in [0.25, 0.3) is 11.1 Å². The van der Waals surface area contributed by atoms with E-state index in [4.69, 9.17) is 28.5 Å². The SMILES string of the molecule is CSC(=Nc1ccc(-c2cc(Cl)cc(Cl)c2)cc1)NC#N. The number of aliphatic imine (C=N–C) groups is 1. The highest BCUT2D eigenvalue weighted by atomic mass is 35.5. The first-order chi connectivity index (χ1) is 10.1. The molecule has 2 aromatic rings. The van der Waals surface area contributed by atoms with Crippen molar-refractivity contribution >= 4 is 45.8 Å². The predicted molar refractivity (Wildman–Crippen MR) is 91.3 cm³/mol. The first-order valence-corrected chi connectivity index (χ1v) is 7.95. The average molecular weight is 336 g/mol. The van der Waals surface area contributed by atoms with Crippen molar-refractivity contribution < 1.29 is 0 Å². The molecule has 0 fully saturated rings. The molecule has 0 heterocycles. The van der Waals surface area contributed by atoms with Gasteiger partial charge in [0.15, 0.2) is 11.4 Å². The fourth-order valence-electron chi connectivity index (χ4n) is 1.74. The van der Waals surface area contributed by atoms with E-state index >= 15 is 0 Å². The molecule has 0 saturated carbocycles. The third-order valence-electron chi connectivity index (χ3n) is 2.65. The lowest BCUT2D eigenvalue weighted by molar-refractivity contribution is 1.28. The van der Waals surface area contributed by atoms with Crippen molar-refractivity contribution in [1.82, 2.24) is 5.32 Å². The molecule has 0 aromatic heterocycles. The van der Waals surface area contributed by atoms with Gasteiger partial charge in [-0.05, 0) is 47.7 Å². The van der Waals surface area contributed by atoms with Gasteiger partial charge in [-0.15, -0.1) is 0 Å². The maximum absolute atomic E-state index is 8.61. The molecule has 0 amide bonds. The maximum atomic E-state index is 8.61. The maximum Gasteiger partial charge on any atom is 0.183 e. The Kier molecular flexibility index (Phi) is 5.51. The van der Waals surface area contributed by atoms with E-state index in [1.165, 1.54) is 11.8 Å². The number of thioether (sulfide) groups is 1. The Labute approximate surface area is 137 Å². The predicted octanol–water partition coefficient (Wildman–Crippen LogP) is 5.08. The second-order valence-electron chi connectivity index (χ2n) is 4.06. The summed E-state index contributed by atoms with van der Waals surface area (Å²) in [7, 11) is 0. The van der Waals surface area contributed by atoms with Crippen molar-refractivity contribution in [2.45, 2.75) is 0 Å². The van der Waals surface area contributed by atoms with E-state index in [2.05, 4.69) is 10.3 Å². The number of halogens is 2. The van der Waals surface area contributed by atoms with E-state index in [1.807, 2.05) is 48.8 Å². The van der Waals surface area contributed by atoms with Gasteiger partial charge in [0.2, 0.25) is 0 Å². The molecule has 1 N–H and O–H groups in total. The van der Waals surface area contributed by atoms with Crippen molar-refractivity contribution in [2.24, 2.45) is 4.99 Å². The van der Waals surface area contributed by atoms with Gasteiger partial charge in [0.1, 0.15) is 0 Å². The Hall–Kier alpha value is -1.67. The van der Waals surface area contributed by atoms with Crippen LogP contribution in [0.15, 0.2) is 47.5 Å². The Morgan fingerprint density at radius 2 is 1.71 bits per heavy atom. The van der Waals surface area contributed by atoms with Crippen molar-refractivity contribution in [3.8, 4) is 17.3 Å². The van der Waals surface area contributed by atoms with Crippen molar-refractivity contribution in [2.75, 3.05) is 6.26 Å². The number of hydrogen-bond donors (Lipinski definition) is 1. The van der Waals surface area contributed by atoms with Gasteiger partial charge >= 0.3 is 0 Å². The zero-order chi connectivity index (χ0) is 15.2. The van der Waals surface area contributed by atoms with Gasteiger partial charge in [0.05, 0.1) is 5.69 Å². The Morgan fingerprint density at radius 1 is 1.10 bits per heavy atom. The van der Waals surface area contributed by atoms with Gasteiger partial charge < -0.3 is 0 Å². The molecule has 3 nitrogen and oxygen atoms in total. The van der Waals surface area contributed by atoms with E-state index in [1.54, 1.807) is 6.07 Å². The van der Waals surface area contributed by atoms with Crippen LogP contribution < -0.4 is 5.32 Å². The number of amidine groups is 1. The van der Waals surface area contributed by atoms with Crippen molar-refractivity contribution in [1.29, 1.82) is 5.26 Å². The van der Waals surface area contributed by atoms with Crippen LogP contribution in [0.2, 0.25) is 10.0 Å². The van der Waals surface area contributed by atoms with Crippen LogP contribution in [0.5, 0.6) is 0 Å². The topological polar surface area (TPSA) is 48.2 Å². The lowest BCUT2D eigenvalue weighted by Gasteiger charge is -2.05. The molecule has 0 spiro atoms. The summed E-state index contributed by atoms with van der Waals surface area (Å²) in [5.74, 6) is 0. The molecule has 0 radical (unpaired) electrons. The Morgan fingerprint density at radius 3 is 2.24 bits per heavy atom. The molecule has 21 heavy (non-hydrogen) atoms. The summed E-state index contributed by atoms with van der Waals surface area (Å²) < 4.78 is 0. The first-order valence-electron chi connectivity index (χ1n) is 5.96. The summed E-state index contributed by atoms with van der Waals surface area (Å²) in [6.07, 6.45) is 3.71. The first kappa shape index (κ1) is 15.7. The lowest BCUT2D eigenvalue weighted by Crippen LogP contribution is -2.12. The summed E-state index contributed by atoms with van der Waals surface area (Å²) in [6, 6.07) is 13.0. The van der Waals surface area contributed by atoms with Crippen LogP contribution >= 0.6 is 35.0 Å². The van der Waals surface area contributed by atoms with E-state index < -0.39 is 0 Å². The number of rotatable bonds is 2. The minimum absolute atomic E-state index is 0.552. The molecule has 0 aliphatic carbocycles. The standard InChI is InChI=1S/C15H11Cl2N3S/c1-21-15(19-9-18)20-14-4-2-10(3-5-14)11-6-12(16)8-13(17)7-11/h2-8H,1H3,(H,19,20). The van der Waals surface area contributed by atoms with E-state index in [9.17, 15) is 0 Å². The summed E-state index contributed by atoms with van der Waals surface area (Å²) in [6.45, 7) is 0. The molecule has 2 aromatic carbocycles. The molecule has 0 atom stereocenters. The fourth-order valence-corrected chi connectivity index (χ4v) is 2.61.